The molecule has 0 aliphatic rings. The summed E-state index contributed by atoms with van der Waals surface area (Å²) in [5.41, 5.74) is 6.62. The predicted octanol–water partition coefficient (Wildman–Crippen LogP) is 1.80. The van der Waals surface area contributed by atoms with Crippen LogP contribution in [-0.2, 0) is 6.54 Å². The molecule has 17 heavy (non-hydrogen) atoms. The van der Waals surface area contributed by atoms with Crippen LogP contribution in [0.15, 0.2) is 10.5 Å². The third-order valence-electron chi connectivity index (χ3n) is 2.75. The number of aryl methyl sites for hydroxylation is 1. The van der Waals surface area contributed by atoms with E-state index in [4.69, 9.17) is 10.9 Å². The van der Waals surface area contributed by atoms with Crippen LogP contribution in [0, 0.1) is 6.92 Å². The van der Waals surface area contributed by atoms with Crippen molar-refractivity contribution in [2.75, 3.05) is 7.05 Å². The summed E-state index contributed by atoms with van der Waals surface area (Å²) in [4.78, 5) is 6.62. The first-order valence-electron chi connectivity index (χ1n) is 5.64. The number of nitrogens with two attached hydrogens (primary N) is 1. The molecule has 0 aliphatic heterocycles. The molecule has 3 N–H and O–H groups in total. The molecular weight excluding hydrogens is 236 g/mol. The monoisotopic (exact) mass is 256 g/mol. The van der Waals surface area contributed by atoms with Crippen molar-refractivity contribution in [1.29, 1.82) is 0 Å². The van der Waals surface area contributed by atoms with Gasteiger partial charge in [-0.3, -0.25) is 4.90 Å². The molecular formula is C11H20N4OS. The number of rotatable bonds is 6. The van der Waals surface area contributed by atoms with E-state index >= 15 is 0 Å². The summed E-state index contributed by atoms with van der Waals surface area (Å²) in [6.07, 6.45) is 1.53. The van der Waals surface area contributed by atoms with Gasteiger partial charge in [0.2, 0.25) is 0 Å². The SMILES string of the molecule is CCC(CC(N)=NO)N(C)Cc1csc(C)n1. The molecule has 96 valence electrons. The average molecular weight is 256 g/mol. The van der Waals surface area contributed by atoms with E-state index in [0.29, 0.717) is 6.42 Å². The zero-order valence-electron chi connectivity index (χ0n) is 10.6. The number of nitrogens with zero attached hydrogens (tertiary/aromatic N) is 3. The summed E-state index contributed by atoms with van der Waals surface area (Å²) >= 11 is 1.66. The molecule has 0 bridgehead atoms. The lowest BCUT2D eigenvalue weighted by Gasteiger charge is -2.25. The number of hydrogen-bond acceptors (Lipinski definition) is 5. The van der Waals surface area contributed by atoms with Crippen LogP contribution >= 0.6 is 11.3 Å². The van der Waals surface area contributed by atoms with E-state index in [1.54, 1.807) is 11.3 Å². The molecule has 0 saturated heterocycles. The zero-order valence-corrected chi connectivity index (χ0v) is 11.4. The van der Waals surface area contributed by atoms with Gasteiger partial charge in [-0.25, -0.2) is 4.98 Å². The maximum Gasteiger partial charge on any atom is 0.140 e. The quantitative estimate of drug-likeness (QED) is 0.352. The highest BCUT2D eigenvalue weighted by Gasteiger charge is 2.15. The van der Waals surface area contributed by atoms with E-state index in [2.05, 4.69) is 27.3 Å². The van der Waals surface area contributed by atoms with E-state index in [1.165, 1.54) is 0 Å². The third kappa shape index (κ3) is 4.32. The normalized spacial score (nSPS) is 14.2. The van der Waals surface area contributed by atoms with Crippen LogP contribution in [0.2, 0.25) is 0 Å². The van der Waals surface area contributed by atoms with Crippen molar-refractivity contribution in [3.8, 4) is 0 Å². The first-order chi connectivity index (χ1) is 8.06. The molecule has 0 radical (unpaired) electrons. The molecule has 0 spiro atoms. The van der Waals surface area contributed by atoms with Crippen molar-refractivity contribution < 1.29 is 5.21 Å². The number of amidine groups is 1. The maximum absolute atomic E-state index is 8.59. The van der Waals surface area contributed by atoms with Crippen molar-refractivity contribution in [3.05, 3.63) is 16.1 Å². The van der Waals surface area contributed by atoms with Gasteiger partial charge in [0.15, 0.2) is 0 Å². The van der Waals surface area contributed by atoms with Crippen LogP contribution in [0.4, 0.5) is 0 Å². The molecule has 5 nitrogen and oxygen atoms in total. The molecule has 1 heterocycles. The van der Waals surface area contributed by atoms with Gasteiger partial charge in [0, 0.05) is 24.4 Å². The highest BCUT2D eigenvalue weighted by Crippen LogP contribution is 2.14. The molecule has 1 aromatic rings. The van der Waals surface area contributed by atoms with Crippen LogP contribution in [0.1, 0.15) is 30.5 Å². The van der Waals surface area contributed by atoms with Gasteiger partial charge in [0.1, 0.15) is 5.84 Å². The summed E-state index contributed by atoms with van der Waals surface area (Å²) in [7, 11) is 2.04. The van der Waals surface area contributed by atoms with Gasteiger partial charge >= 0.3 is 0 Å². The lowest BCUT2D eigenvalue weighted by molar-refractivity contribution is 0.227. The van der Waals surface area contributed by atoms with Crippen molar-refractivity contribution in [3.63, 3.8) is 0 Å². The van der Waals surface area contributed by atoms with Gasteiger partial charge in [0.05, 0.1) is 10.7 Å². The van der Waals surface area contributed by atoms with Crippen LogP contribution < -0.4 is 5.73 Å². The van der Waals surface area contributed by atoms with Gasteiger partial charge in [-0.05, 0) is 20.4 Å². The smallest absolute Gasteiger partial charge is 0.140 e. The second kappa shape index (κ2) is 6.56. The Morgan fingerprint density at radius 3 is 2.88 bits per heavy atom. The Morgan fingerprint density at radius 2 is 2.41 bits per heavy atom. The minimum Gasteiger partial charge on any atom is -0.409 e. The van der Waals surface area contributed by atoms with Crippen LogP contribution in [0.5, 0.6) is 0 Å². The Kier molecular flexibility index (Phi) is 5.37. The lowest BCUT2D eigenvalue weighted by atomic mass is 10.1. The second-order valence-corrected chi connectivity index (χ2v) is 5.19. The summed E-state index contributed by atoms with van der Waals surface area (Å²) in [5.74, 6) is 0.276. The Balaban J connectivity index is 2.57. The average Bonchev–Trinajstić information content (AvgIpc) is 2.70. The minimum atomic E-state index is 0.271. The first kappa shape index (κ1) is 13.9. The molecule has 0 amide bonds. The zero-order chi connectivity index (χ0) is 12.8. The molecule has 1 atom stereocenters. The predicted molar refractivity (Wildman–Crippen MR) is 70.4 cm³/mol. The second-order valence-electron chi connectivity index (χ2n) is 4.13. The molecule has 0 saturated carbocycles. The Labute approximate surface area is 106 Å². The molecule has 1 unspecified atom stereocenters. The largest absolute Gasteiger partial charge is 0.409 e. The summed E-state index contributed by atoms with van der Waals surface area (Å²) in [6.45, 7) is 4.89. The minimum absolute atomic E-state index is 0.271. The Morgan fingerprint density at radius 1 is 1.71 bits per heavy atom. The van der Waals surface area contributed by atoms with E-state index in [1.807, 2.05) is 14.0 Å². The van der Waals surface area contributed by atoms with E-state index in [9.17, 15) is 0 Å². The molecule has 6 heteroatoms. The fourth-order valence-corrected chi connectivity index (χ4v) is 2.36. The van der Waals surface area contributed by atoms with E-state index in [0.717, 1.165) is 23.7 Å². The Hall–Kier alpha value is -1.14. The van der Waals surface area contributed by atoms with Gasteiger partial charge in [0.25, 0.3) is 0 Å². The van der Waals surface area contributed by atoms with Crippen LogP contribution in [-0.4, -0.2) is 34.0 Å². The van der Waals surface area contributed by atoms with Gasteiger partial charge < -0.3 is 10.9 Å². The third-order valence-corrected chi connectivity index (χ3v) is 3.57. The Bertz CT molecular complexity index is 377. The summed E-state index contributed by atoms with van der Waals surface area (Å²) in [5, 5.41) is 14.8. The van der Waals surface area contributed by atoms with E-state index < -0.39 is 0 Å². The standard InChI is InChI=1S/C11H20N4OS/c1-4-10(5-11(12)14-16)15(3)6-9-7-17-8(2)13-9/h7,10,16H,4-6H2,1-3H3,(H2,12,14). The number of thiazole rings is 1. The van der Waals surface area contributed by atoms with Crippen molar-refractivity contribution >= 4 is 17.2 Å². The summed E-state index contributed by atoms with van der Waals surface area (Å²) in [6, 6.07) is 0.271. The highest BCUT2D eigenvalue weighted by atomic mass is 32.1. The van der Waals surface area contributed by atoms with Crippen molar-refractivity contribution in [1.82, 2.24) is 9.88 Å². The van der Waals surface area contributed by atoms with Gasteiger partial charge in [-0.1, -0.05) is 12.1 Å². The molecule has 1 aromatic heterocycles. The molecule has 0 aromatic carbocycles. The van der Waals surface area contributed by atoms with Crippen molar-refractivity contribution in [2.45, 2.75) is 39.3 Å². The van der Waals surface area contributed by atoms with E-state index in [-0.39, 0.29) is 11.9 Å². The van der Waals surface area contributed by atoms with Crippen LogP contribution in [0.25, 0.3) is 0 Å². The molecule has 0 aliphatic carbocycles. The topological polar surface area (TPSA) is 74.7 Å². The highest BCUT2D eigenvalue weighted by molar-refractivity contribution is 7.09. The lowest BCUT2D eigenvalue weighted by Crippen LogP contribution is -2.34. The van der Waals surface area contributed by atoms with Crippen LogP contribution in [0.3, 0.4) is 0 Å². The molecule has 0 fully saturated rings. The fraction of sp³-hybridized carbons (Fsp3) is 0.636. The fourth-order valence-electron chi connectivity index (χ4n) is 1.76. The van der Waals surface area contributed by atoms with Crippen molar-refractivity contribution in [2.24, 2.45) is 10.9 Å². The number of hydrogen-bond donors (Lipinski definition) is 2. The number of oxime groups is 1. The summed E-state index contributed by atoms with van der Waals surface area (Å²) < 4.78 is 0. The first-order valence-corrected chi connectivity index (χ1v) is 6.52. The maximum atomic E-state index is 8.59. The van der Waals surface area contributed by atoms with Gasteiger partial charge in [-0.15, -0.1) is 11.3 Å². The van der Waals surface area contributed by atoms with Gasteiger partial charge in [-0.2, -0.15) is 0 Å². The molecule has 1 rings (SSSR count). The number of aromatic nitrogens is 1.